The van der Waals surface area contributed by atoms with Gasteiger partial charge in [-0.3, -0.25) is 0 Å². The van der Waals surface area contributed by atoms with E-state index in [1.165, 1.54) is 6.07 Å². The van der Waals surface area contributed by atoms with Crippen molar-refractivity contribution < 1.29 is 8.42 Å². The van der Waals surface area contributed by atoms with Gasteiger partial charge in [0, 0.05) is 23.8 Å². The Hall–Kier alpha value is -0.840. The summed E-state index contributed by atoms with van der Waals surface area (Å²) < 4.78 is 22.7. The Bertz CT molecular complexity index is 508. The van der Waals surface area contributed by atoms with Gasteiger partial charge in [0.25, 0.3) is 9.05 Å². The van der Waals surface area contributed by atoms with Gasteiger partial charge in [-0.05, 0) is 17.2 Å². The minimum absolute atomic E-state index is 0.182. The SMILES string of the molecule is O=S(=O)(Cl)c1cccc2c1C=CCNC2. The molecule has 1 aliphatic rings. The van der Waals surface area contributed by atoms with E-state index in [2.05, 4.69) is 5.32 Å². The molecule has 15 heavy (non-hydrogen) atoms. The molecule has 1 aromatic rings. The molecule has 80 valence electrons. The number of hydrogen-bond acceptors (Lipinski definition) is 3. The van der Waals surface area contributed by atoms with Crippen molar-refractivity contribution in [1.29, 1.82) is 0 Å². The predicted molar refractivity (Wildman–Crippen MR) is 60.2 cm³/mol. The van der Waals surface area contributed by atoms with E-state index >= 15 is 0 Å². The third-order valence-electron chi connectivity index (χ3n) is 2.28. The van der Waals surface area contributed by atoms with Crippen molar-refractivity contribution in [3.63, 3.8) is 0 Å². The first-order valence-electron chi connectivity index (χ1n) is 4.53. The highest BCUT2D eigenvalue weighted by atomic mass is 35.7. The summed E-state index contributed by atoms with van der Waals surface area (Å²) in [6.07, 6.45) is 3.68. The fraction of sp³-hybridized carbons (Fsp3) is 0.200. The molecule has 0 saturated carbocycles. The minimum Gasteiger partial charge on any atom is -0.309 e. The fourth-order valence-corrected chi connectivity index (χ4v) is 2.72. The topological polar surface area (TPSA) is 46.2 Å². The normalized spacial score (nSPS) is 15.8. The Balaban J connectivity index is 2.67. The molecule has 0 aromatic heterocycles. The van der Waals surface area contributed by atoms with Crippen LogP contribution in [0.3, 0.4) is 0 Å². The molecular formula is C10H10ClNO2S. The van der Waals surface area contributed by atoms with Crippen molar-refractivity contribution in [1.82, 2.24) is 5.32 Å². The number of hydrogen-bond donors (Lipinski definition) is 1. The zero-order chi connectivity index (χ0) is 10.9. The number of fused-ring (bicyclic) bond motifs is 1. The van der Waals surface area contributed by atoms with Crippen LogP contribution in [0.2, 0.25) is 0 Å². The maximum Gasteiger partial charge on any atom is 0.261 e. The molecule has 1 heterocycles. The molecule has 1 N–H and O–H groups in total. The summed E-state index contributed by atoms with van der Waals surface area (Å²) >= 11 is 0. The van der Waals surface area contributed by atoms with Crippen LogP contribution in [0.15, 0.2) is 29.2 Å². The van der Waals surface area contributed by atoms with Crippen LogP contribution < -0.4 is 5.32 Å². The smallest absolute Gasteiger partial charge is 0.261 e. The lowest BCUT2D eigenvalue weighted by Gasteiger charge is -2.07. The molecule has 0 unspecified atom stereocenters. The van der Waals surface area contributed by atoms with Crippen LogP contribution in [-0.2, 0) is 15.6 Å². The molecule has 0 saturated heterocycles. The van der Waals surface area contributed by atoms with Gasteiger partial charge >= 0.3 is 0 Å². The van der Waals surface area contributed by atoms with Crippen LogP contribution in [-0.4, -0.2) is 15.0 Å². The maximum atomic E-state index is 11.3. The lowest BCUT2D eigenvalue weighted by atomic mass is 10.1. The molecule has 0 amide bonds. The average molecular weight is 244 g/mol. The molecule has 0 fully saturated rings. The molecule has 0 bridgehead atoms. The first-order valence-corrected chi connectivity index (χ1v) is 6.84. The molecule has 2 rings (SSSR count). The Morgan fingerprint density at radius 2 is 2.13 bits per heavy atom. The summed E-state index contributed by atoms with van der Waals surface area (Å²) in [5.41, 5.74) is 1.64. The van der Waals surface area contributed by atoms with E-state index in [9.17, 15) is 8.42 Å². The lowest BCUT2D eigenvalue weighted by molar-refractivity contribution is 0.609. The highest BCUT2D eigenvalue weighted by Gasteiger charge is 2.17. The first kappa shape index (κ1) is 10.7. The number of nitrogens with one attached hydrogen (secondary N) is 1. The van der Waals surface area contributed by atoms with Crippen LogP contribution >= 0.6 is 10.7 Å². The van der Waals surface area contributed by atoms with Gasteiger partial charge in [-0.25, -0.2) is 8.42 Å². The van der Waals surface area contributed by atoms with Crippen LogP contribution in [0.25, 0.3) is 6.08 Å². The Morgan fingerprint density at radius 1 is 1.33 bits per heavy atom. The van der Waals surface area contributed by atoms with Crippen molar-refractivity contribution in [2.45, 2.75) is 11.4 Å². The van der Waals surface area contributed by atoms with Gasteiger partial charge in [-0.2, -0.15) is 0 Å². The van der Waals surface area contributed by atoms with Crippen LogP contribution in [0.1, 0.15) is 11.1 Å². The molecule has 0 spiro atoms. The van der Waals surface area contributed by atoms with Gasteiger partial charge in [0.2, 0.25) is 0 Å². The predicted octanol–water partition coefficient (Wildman–Crippen LogP) is 1.73. The molecule has 0 aliphatic carbocycles. The Labute approximate surface area is 93.2 Å². The van der Waals surface area contributed by atoms with E-state index in [0.29, 0.717) is 12.1 Å². The van der Waals surface area contributed by atoms with Crippen LogP contribution in [0.4, 0.5) is 0 Å². The Kier molecular flexibility index (Phi) is 2.82. The highest BCUT2D eigenvalue weighted by molar-refractivity contribution is 8.13. The molecular weight excluding hydrogens is 234 g/mol. The average Bonchev–Trinajstić information content (AvgIpc) is 2.39. The van der Waals surface area contributed by atoms with Gasteiger partial charge < -0.3 is 5.32 Å². The molecule has 1 aliphatic heterocycles. The van der Waals surface area contributed by atoms with Gasteiger partial charge in [-0.15, -0.1) is 0 Å². The van der Waals surface area contributed by atoms with Gasteiger partial charge in [0.15, 0.2) is 0 Å². The first-order chi connectivity index (χ1) is 7.09. The second-order valence-corrected chi connectivity index (χ2v) is 5.83. The number of rotatable bonds is 1. The van der Waals surface area contributed by atoms with E-state index in [0.717, 1.165) is 12.1 Å². The monoisotopic (exact) mass is 243 g/mol. The third-order valence-corrected chi connectivity index (χ3v) is 3.66. The highest BCUT2D eigenvalue weighted by Crippen LogP contribution is 2.25. The number of halogens is 1. The van der Waals surface area contributed by atoms with Crippen LogP contribution in [0.5, 0.6) is 0 Å². The van der Waals surface area contributed by atoms with Crippen molar-refractivity contribution in [3.05, 3.63) is 35.4 Å². The van der Waals surface area contributed by atoms with E-state index in [-0.39, 0.29) is 4.90 Å². The minimum atomic E-state index is -3.67. The zero-order valence-electron chi connectivity index (χ0n) is 7.90. The van der Waals surface area contributed by atoms with Crippen molar-refractivity contribution in [3.8, 4) is 0 Å². The lowest BCUT2D eigenvalue weighted by Crippen LogP contribution is -2.11. The van der Waals surface area contributed by atoms with Crippen molar-refractivity contribution in [2.75, 3.05) is 6.54 Å². The Morgan fingerprint density at radius 3 is 2.87 bits per heavy atom. The molecule has 3 nitrogen and oxygen atoms in total. The second-order valence-electron chi connectivity index (χ2n) is 3.30. The number of benzene rings is 1. The molecule has 0 atom stereocenters. The van der Waals surface area contributed by atoms with Gasteiger partial charge in [0.05, 0.1) is 4.90 Å². The van der Waals surface area contributed by atoms with Gasteiger partial charge in [0.1, 0.15) is 0 Å². The fourth-order valence-electron chi connectivity index (χ4n) is 1.61. The summed E-state index contributed by atoms with van der Waals surface area (Å²) in [4.78, 5) is 0.182. The summed E-state index contributed by atoms with van der Waals surface area (Å²) in [7, 11) is 1.70. The maximum absolute atomic E-state index is 11.3. The molecule has 0 radical (unpaired) electrons. The van der Waals surface area contributed by atoms with Gasteiger partial charge in [-0.1, -0.05) is 24.3 Å². The summed E-state index contributed by atoms with van der Waals surface area (Å²) in [6, 6.07) is 5.12. The van der Waals surface area contributed by atoms with Crippen molar-refractivity contribution in [2.24, 2.45) is 0 Å². The summed E-state index contributed by atoms with van der Waals surface area (Å²) in [5, 5.41) is 3.16. The van der Waals surface area contributed by atoms with Crippen LogP contribution in [0, 0.1) is 0 Å². The van der Waals surface area contributed by atoms with E-state index in [4.69, 9.17) is 10.7 Å². The largest absolute Gasteiger partial charge is 0.309 e. The molecule has 1 aromatic carbocycles. The summed E-state index contributed by atoms with van der Waals surface area (Å²) in [6.45, 7) is 1.39. The van der Waals surface area contributed by atoms with E-state index < -0.39 is 9.05 Å². The van der Waals surface area contributed by atoms with Crippen molar-refractivity contribution >= 4 is 25.8 Å². The van der Waals surface area contributed by atoms with E-state index in [1.54, 1.807) is 12.1 Å². The molecule has 5 heteroatoms. The summed E-state index contributed by atoms with van der Waals surface area (Å²) in [5.74, 6) is 0. The standard InChI is InChI=1S/C10H10ClNO2S/c11-15(13,14)10-5-1-3-8-7-12-6-2-4-9(8)10/h1-5,12H,6-7H2. The third kappa shape index (κ3) is 2.22. The van der Waals surface area contributed by atoms with E-state index in [1.807, 2.05) is 12.1 Å². The second kappa shape index (κ2) is 3.96. The quantitative estimate of drug-likeness (QED) is 0.765. The zero-order valence-corrected chi connectivity index (χ0v) is 9.48.